The van der Waals surface area contributed by atoms with Gasteiger partial charge in [-0.25, -0.2) is 0 Å². The Balaban J connectivity index is -0.0000000240. The van der Waals surface area contributed by atoms with Crippen LogP contribution < -0.4 is 0 Å². The van der Waals surface area contributed by atoms with E-state index in [9.17, 15) is 0 Å². The van der Waals surface area contributed by atoms with E-state index in [0.29, 0.717) is 13.1 Å². The standard InChI is InChI=1S/C3H5O2.C2H6O.CHO2.2Y/c1-2-5-3-4;1-2-3;2-1-3;;/h2H2,1H3;3H,2H2,1H3;(H,2,3);;/q-1;;-1;;. The number of ether oxygens (including phenoxy) is 1. The zero-order chi connectivity index (χ0) is 9.54. The van der Waals surface area contributed by atoms with E-state index in [2.05, 4.69) is 4.74 Å². The van der Waals surface area contributed by atoms with E-state index >= 15 is 0 Å². The third-order valence-electron chi connectivity index (χ3n) is 0.203. The van der Waals surface area contributed by atoms with Crippen molar-refractivity contribution >= 4 is 12.9 Å². The number of aliphatic hydroxyl groups excluding tert-OH is 2. The Morgan fingerprint density at radius 2 is 1.46 bits per heavy atom. The molecule has 0 heterocycles. The molecule has 0 aliphatic carbocycles. The van der Waals surface area contributed by atoms with Gasteiger partial charge in [-0.3, -0.25) is 0 Å². The molecule has 5 nitrogen and oxygen atoms in total. The van der Waals surface area contributed by atoms with Gasteiger partial charge in [-0.1, -0.05) is 12.9 Å². The number of carbonyl (C=O) groups excluding carboxylic acids is 1. The van der Waals surface area contributed by atoms with Gasteiger partial charge in [0.05, 0.1) is 0 Å². The molecule has 0 spiro atoms. The summed E-state index contributed by atoms with van der Waals surface area (Å²) in [5.41, 5.74) is 0. The van der Waals surface area contributed by atoms with Gasteiger partial charge >= 0.3 is 0 Å². The summed E-state index contributed by atoms with van der Waals surface area (Å²) >= 11 is 0. The molecule has 0 bridgehead atoms. The van der Waals surface area contributed by atoms with Crippen molar-refractivity contribution in [3.8, 4) is 0 Å². The molecular weight excluding hydrogens is 330 g/mol. The maximum atomic E-state index is 9.06. The molecule has 0 aromatic heterocycles. The topological polar surface area (TPSA) is 83.8 Å². The Labute approximate surface area is 128 Å². The molecule has 0 saturated heterocycles. The predicted octanol–water partition coefficient (Wildman–Crippen LogP) is -0.305. The maximum absolute atomic E-state index is 9.06. The van der Waals surface area contributed by atoms with Crippen molar-refractivity contribution in [3.63, 3.8) is 0 Å². The summed E-state index contributed by atoms with van der Waals surface area (Å²) in [7, 11) is 0. The number of aliphatic hydroxyl groups is 1. The fourth-order valence-corrected chi connectivity index (χ4v) is 0.0589. The normalized spacial score (nSPS) is 4.85. The van der Waals surface area contributed by atoms with Crippen LogP contribution >= 0.6 is 0 Å². The molecule has 7 heteroatoms. The Morgan fingerprint density at radius 1 is 1.23 bits per heavy atom. The molecule has 74 valence electrons. The zero-order valence-corrected chi connectivity index (χ0v) is 13.4. The SMILES string of the molecule is CCO.CCO[C-]=O.O=[C-]O.[Y].[Y]. The van der Waals surface area contributed by atoms with E-state index in [1.807, 2.05) is 0 Å². The monoisotopic (exact) mass is 342 g/mol. The van der Waals surface area contributed by atoms with Crippen molar-refractivity contribution in [1.29, 1.82) is 0 Å². The van der Waals surface area contributed by atoms with Gasteiger partial charge in [0.1, 0.15) is 0 Å². The second-order valence-corrected chi connectivity index (χ2v) is 0.924. The van der Waals surface area contributed by atoms with Crippen LogP contribution in [-0.4, -0.2) is 36.4 Å². The molecule has 0 unspecified atom stereocenters. The Bertz CT molecular complexity index is 72.0. The van der Waals surface area contributed by atoms with Crippen LogP contribution in [0.1, 0.15) is 13.8 Å². The van der Waals surface area contributed by atoms with Crippen molar-refractivity contribution in [2.75, 3.05) is 13.2 Å². The summed E-state index contributed by atoms with van der Waals surface area (Å²) in [4.78, 5) is 17.3. The summed E-state index contributed by atoms with van der Waals surface area (Å²) in [6.07, 6.45) is 0. The van der Waals surface area contributed by atoms with Crippen LogP contribution in [0.5, 0.6) is 0 Å². The summed E-state index contributed by atoms with van der Waals surface area (Å²) < 4.78 is 4.03. The number of rotatable bonds is 2. The van der Waals surface area contributed by atoms with E-state index in [1.54, 1.807) is 13.8 Å². The van der Waals surface area contributed by atoms with Gasteiger partial charge in [-0.15, -0.1) is 0 Å². The van der Waals surface area contributed by atoms with Crippen LogP contribution in [0.4, 0.5) is 0 Å². The van der Waals surface area contributed by atoms with E-state index in [4.69, 9.17) is 19.8 Å². The third-order valence-corrected chi connectivity index (χ3v) is 0.203. The van der Waals surface area contributed by atoms with Gasteiger partial charge in [-0.2, -0.15) is 0 Å². The van der Waals surface area contributed by atoms with Gasteiger partial charge < -0.3 is 24.5 Å². The van der Waals surface area contributed by atoms with Crippen LogP contribution in [0.25, 0.3) is 0 Å². The first-order valence-corrected chi connectivity index (χ1v) is 2.86. The molecule has 2 N–H and O–H groups in total. The largest absolute Gasteiger partial charge is 0.665 e. The molecule has 0 aliphatic rings. The first-order chi connectivity index (χ1) is 5.24. The maximum Gasteiger partial charge on any atom is 0.0451 e. The molecule has 0 aliphatic heterocycles. The average molecular weight is 342 g/mol. The molecule has 0 aromatic carbocycles. The van der Waals surface area contributed by atoms with Crippen molar-refractivity contribution in [2.45, 2.75) is 13.8 Å². The summed E-state index contributed by atoms with van der Waals surface area (Å²) in [5.74, 6) is 0. The van der Waals surface area contributed by atoms with E-state index in [-0.39, 0.29) is 72.0 Å². The van der Waals surface area contributed by atoms with Crippen LogP contribution in [0.3, 0.4) is 0 Å². The van der Waals surface area contributed by atoms with Gasteiger partial charge in [-0.05, 0) is 13.8 Å². The number of hydrogen-bond donors (Lipinski definition) is 2. The predicted molar refractivity (Wildman–Crippen MR) is 38.4 cm³/mol. The minimum atomic E-state index is 0. The Hall–Kier alpha value is 1.11. The van der Waals surface area contributed by atoms with Crippen molar-refractivity contribution in [1.82, 2.24) is 0 Å². The van der Waals surface area contributed by atoms with Gasteiger partial charge in [0, 0.05) is 78.6 Å². The summed E-state index contributed by atoms with van der Waals surface area (Å²) in [5, 5.41) is 14.3. The molecular formula is C6H12O5Y2-2. The third kappa shape index (κ3) is 167. The van der Waals surface area contributed by atoms with Crippen molar-refractivity contribution in [2.24, 2.45) is 0 Å². The molecule has 13 heavy (non-hydrogen) atoms. The van der Waals surface area contributed by atoms with Crippen LogP contribution in [0.15, 0.2) is 0 Å². The van der Waals surface area contributed by atoms with Gasteiger partial charge in [0.2, 0.25) is 0 Å². The van der Waals surface area contributed by atoms with Gasteiger partial charge in [0.25, 0.3) is 0 Å². The van der Waals surface area contributed by atoms with Crippen molar-refractivity contribution < 1.29 is 90.0 Å². The van der Waals surface area contributed by atoms with E-state index in [0.717, 1.165) is 0 Å². The molecule has 0 saturated carbocycles. The zero-order valence-electron chi connectivity index (χ0n) is 7.69. The summed E-state index contributed by atoms with van der Waals surface area (Å²) in [6.45, 7) is 5.85. The second-order valence-electron chi connectivity index (χ2n) is 0.924. The molecule has 2 radical (unpaired) electrons. The fourth-order valence-electron chi connectivity index (χ4n) is 0.0589. The molecule has 0 aromatic rings. The first kappa shape index (κ1) is 29.2. The quantitative estimate of drug-likeness (QED) is 0.673. The van der Waals surface area contributed by atoms with Crippen LogP contribution in [0.2, 0.25) is 0 Å². The smallest absolute Gasteiger partial charge is 0.0451 e. The minimum absolute atomic E-state index is 0. The van der Waals surface area contributed by atoms with Gasteiger partial charge in [0.15, 0.2) is 0 Å². The van der Waals surface area contributed by atoms with Crippen molar-refractivity contribution in [3.05, 3.63) is 0 Å². The van der Waals surface area contributed by atoms with Crippen LogP contribution in [-0.2, 0) is 79.7 Å². The molecule has 0 atom stereocenters. The Morgan fingerprint density at radius 3 is 1.46 bits per heavy atom. The average Bonchev–Trinajstić information content (AvgIpc) is 1.92. The fraction of sp³-hybridized carbons (Fsp3) is 0.667. The second kappa shape index (κ2) is 51.5. The van der Waals surface area contributed by atoms with E-state index in [1.165, 1.54) is 6.47 Å². The first-order valence-electron chi connectivity index (χ1n) is 2.86. The minimum Gasteiger partial charge on any atom is -0.665 e. The van der Waals surface area contributed by atoms with E-state index < -0.39 is 0 Å². The van der Waals surface area contributed by atoms with Crippen LogP contribution in [0, 0.1) is 0 Å². The molecule has 0 rings (SSSR count). The molecule has 0 amide bonds. The molecule has 0 fully saturated rings. The Kier molecular flexibility index (Phi) is 116. The number of hydrogen-bond acceptors (Lipinski definition) is 4. The summed E-state index contributed by atoms with van der Waals surface area (Å²) in [6, 6.07) is 0.